The summed E-state index contributed by atoms with van der Waals surface area (Å²) in [6.07, 6.45) is -1.28. The van der Waals surface area contributed by atoms with Gasteiger partial charge in [-0.2, -0.15) is 5.10 Å². The van der Waals surface area contributed by atoms with Gasteiger partial charge in [0.1, 0.15) is 30.5 Å². The van der Waals surface area contributed by atoms with Crippen LogP contribution in [0.4, 0.5) is 11.5 Å². The van der Waals surface area contributed by atoms with Gasteiger partial charge < -0.3 is 25.4 Å². The first-order valence-electron chi connectivity index (χ1n) is 7.82. The first kappa shape index (κ1) is 15.9. The van der Waals surface area contributed by atoms with Gasteiger partial charge in [0, 0.05) is 5.69 Å². The molecule has 0 saturated carbocycles. The van der Waals surface area contributed by atoms with Crippen LogP contribution in [0.5, 0.6) is 0 Å². The number of nitrogens with one attached hydrogen (secondary N) is 1. The van der Waals surface area contributed by atoms with Crippen LogP contribution in [-0.2, 0) is 4.74 Å². The minimum absolute atomic E-state index is 0.399. The number of fused-ring (bicyclic) bond motifs is 1. The molecule has 1 fully saturated rings. The molecular formula is C16H17N5O4. The lowest BCUT2D eigenvalue weighted by Gasteiger charge is -2.15. The Hall–Kier alpha value is -2.59. The van der Waals surface area contributed by atoms with Crippen molar-refractivity contribution >= 4 is 22.5 Å². The third kappa shape index (κ3) is 2.72. The summed E-state index contributed by atoms with van der Waals surface area (Å²) in [5.41, 5.74) is 1.31. The average molecular weight is 343 g/mol. The Labute approximate surface area is 142 Å². The van der Waals surface area contributed by atoms with E-state index in [0.29, 0.717) is 16.9 Å². The van der Waals surface area contributed by atoms with Crippen molar-refractivity contribution in [3.8, 4) is 0 Å². The standard InChI is InChI=1S/C16H17N5O4/c22-7-11-12(23)13(24)16(25-11)21-15-10(6-19-21)14(17-8-18-15)20-9-4-2-1-3-5-9/h1-6,8,11-13,16,22-24H,7H2,(H,17,18,20)/t11-,12+,13-,16+/m0/s1. The van der Waals surface area contributed by atoms with Crippen molar-refractivity contribution in [3.05, 3.63) is 42.9 Å². The molecule has 0 radical (unpaired) electrons. The van der Waals surface area contributed by atoms with E-state index in [-0.39, 0.29) is 0 Å². The predicted molar refractivity (Wildman–Crippen MR) is 88.1 cm³/mol. The summed E-state index contributed by atoms with van der Waals surface area (Å²) in [5.74, 6) is 0.564. The smallest absolute Gasteiger partial charge is 0.181 e. The summed E-state index contributed by atoms with van der Waals surface area (Å²) in [6.45, 7) is -0.399. The summed E-state index contributed by atoms with van der Waals surface area (Å²) in [5, 5.41) is 37.4. The zero-order valence-electron chi connectivity index (χ0n) is 13.1. The van der Waals surface area contributed by atoms with Crippen LogP contribution in [0.25, 0.3) is 11.0 Å². The highest BCUT2D eigenvalue weighted by Crippen LogP contribution is 2.32. The highest BCUT2D eigenvalue weighted by molar-refractivity contribution is 5.88. The SMILES string of the molecule is OC[C@@H]1O[C@@H](n2ncc3c(Nc4ccccc4)ncnc32)[C@@H](O)[C@@H]1O. The third-order valence-corrected chi connectivity index (χ3v) is 4.19. The van der Waals surface area contributed by atoms with Gasteiger partial charge in [0.25, 0.3) is 0 Å². The molecule has 0 unspecified atom stereocenters. The number of aliphatic hydroxyl groups excluding tert-OH is 3. The molecule has 4 N–H and O–H groups in total. The van der Waals surface area contributed by atoms with Gasteiger partial charge in [-0.15, -0.1) is 0 Å². The Balaban J connectivity index is 1.70. The van der Waals surface area contributed by atoms with Crippen LogP contribution in [0.15, 0.2) is 42.9 Å². The molecule has 2 aromatic heterocycles. The molecule has 0 amide bonds. The maximum atomic E-state index is 10.2. The number of rotatable bonds is 4. The van der Waals surface area contributed by atoms with Crippen LogP contribution in [0.1, 0.15) is 6.23 Å². The number of hydrogen-bond acceptors (Lipinski definition) is 8. The zero-order valence-corrected chi connectivity index (χ0v) is 13.1. The number of benzene rings is 1. The van der Waals surface area contributed by atoms with Crippen molar-refractivity contribution in [1.29, 1.82) is 0 Å². The van der Waals surface area contributed by atoms with Gasteiger partial charge >= 0.3 is 0 Å². The molecule has 130 valence electrons. The van der Waals surface area contributed by atoms with Crippen LogP contribution in [0.2, 0.25) is 0 Å². The molecule has 0 aliphatic carbocycles. The molecule has 0 bridgehead atoms. The second kappa shape index (κ2) is 6.37. The second-order valence-corrected chi connectivity index (χ2v) is 5.77. The lowest BCUT2D eigenvalue weighted by Crippen LogP contribution is -2.33. The van der Waals surface area contributed by atoms with E-state index in [2.05, 4.69) is 20.4 Å². The van der Waals surface area contributed by atoms with E-state index in [1.165, 1.54) is 11.0 Å². The number of ether oxygens (including phenoxy) is 1. The molecule has 1 aliphatic heterocycles. The van der Waals surface area contributed by atoms with Crippen LogP contribution in [-0.4, -0.2) is 60.0 Å². The second-order valence-electron chi connectivity index (χ2n) is 5.77. The molecule has 9 heteroatoms. The fraction of sp³-hybridized carbons (Fsp3) is 0.312. The van der Waals surface area contributed by atoms with Gasteiger partial charge in [-0.05, 0) is 12.1 Å². The van der Waals surface area contributed by atoms with Crippen molar-refractivity contribution in [3.63, 3.8) is 0 Å². The molecule has 0 spiro atoms. The fourth-order valence-electron chi connectivity index (χ4n) is 2.89. The van der Waals surface area contributed by atoms with Gasteiger partial charge in [0.05, 0.1) is 18.2 Å². The average Bonchev–Trinajstić information content (AvgIpc) is 3.18. The van der Waals surface area contributed by atoms with E-state index >= 15 is 0 Å². The highest BCUT2D eigenvalue weighted by atomic mass is 16.6. The lowest BCUT2D eigenvalue weighted by atomic mass is 10.1. The van der Waals surface area contributed by atoms with Crippen molar-refractivity contribution in [2.24, 2.45) is 0 Å². The summed E-state index contributed by atoms with van der Waals surface area (Å²) in [6, 6.07) is 9.54. The highest BCUT2D eigenvalue weighted by Gasteiger charge is 2.44. The van der Waals surface area contributed by atoms with Crippen molar-refractivity contribution in [2.45, 2.75) is 24.5 Å². The molecule has 3 heterocycles. The van der Waals surface area contributed by atoms with Gasteiger partial charge in [-0.3, -0.25) is 0 Å². The topological polar surface area (TPSA) is 126 Å². The van der Waals surface area contributed by atoms with Crippen LogP contribution in [0.3, 0.4) is 0 Å². The number of para-hydroxylation sites is 1. The number of hydrogen-bond donors (Lipinski definition) is 4. The summed E-state index contributed by atoms with van der Waals surface area (Å²) in [7, 11) is 0. The number of aromatic nitrogens is 4. The number of nitrogens with zero attached hydrogens (tertiary/aromatic N) is 4. The number of anilines is 2. The van der Waals surface area contributed by atoms with Gasteiger partial charge in [0.2, 0.25) is 0 Å². The minimum Gasteiger partial charge on any atom is -0.394 e. The molecule has 1 saturated heterocycles. The predicted octanol–water partition coefficient (Wildman–Crippen LogP) is 0.181. The lowest BCUT2D eigenvalue weighted by molar-refractivity contribution is -0.0566. The minimum atomic E-state index is -1.22. The molecule has 4 atom stereocenters. The first-order chi connectivity index (χ1) is 12.2. The molecule has 4 rings (SSSR count). The Bertz CT molecular complexity index is 871. The van der Waals surface area contributed by atoms with Gasteiger partial charge in [-0.1, -0.05) is 18.2 Å². The Morgan fingerprint density at radius 1 is 1.12 bits per heavy atom. The monoisotopic (exact) mass is 343 g/mol. The van der Waals surface area contributed by atoms with E-state index in [9.17, 15) is 15.3 Å². The maximum Gasteiger partial charge on any atom is 0.181 e. The van der Waals surface area contributed by atoms with Gasteiger partial charge in [-0.25, -0.2) is 14.6 Å². The van der Waals surface area contributed by atoms with E-state index in [4.69, 9.17) is 4.74 Å². The Morgan fingerprint density at radius 3 is 2.64 bits per heavy atom. The largest absolute Gasteiger partial charge is 0.394 e. The fourth-order valence-corrected chi connectivity index (χ4v) is 2.89. The summed E-state index contributed by atoms with van der Waals surface area (Å²) >= 11 is 0. The van der Waals surface area contributed by atoms with Crippen molar-refractivity contribution in [1.82, 2.24) is 19.7 Å². The Kier molecular flexibility index (Phi) is 4.06. The van der Waals surface area contributed by atoms with Crippen LogP contribution in [0, 0.1) is 0 Å². The van der Waals surface area contributed by atoms with Crippen LogP contribution < -0.4 is 5.32 Å². The molecule has 1 aromatic carbocycles. The van der Waals surface area contributed by atoms with Gasteiger partial charge in [0.15, 0.2) is 11.9 Å². The molecule has 25 heavy (non-hydrogen) atoms. The zero-order chi connectivity index (χ0) is 17.4. The Morgan fingerprint density at radius 2 is 1.92 bits per heavy atom. The van der Waals surface area contributed by atoms with Crippen molar-refractivity contribution in [2.75, 3.05) is 11.9 Å². The first-order valence-corrected chi connectivity index (χ1v) is 7.82. The van der Waals surface area contributed by atoms with E-state index < -0.39 is 31.1 Å². The quantitative estimate of drug-likeness (QED) is 0.529. The normalized spacial score (nSPS) is 26.2. The van der Waals surface area contributed by atoms with Crippen molar-refractivity contribution < 1.29 is 20.1 Å². The van der Waals surface area contributed by atoms with E-state index in [1.54, 1.807) is 6.20 Å². The summed E-state index contributed by atoms with van der Waals surface area (Å²) < 4.78 is 6.90. The summed E-state index contributed by atoms with van der Waals surface area (Å²) in [4.78, 5) is 8.45. The molecule has 1 aliphatic rings. The van der Waals surface area contributed by atoms with E-state index in [1.807, 2.05) is 30.3 Å². The maximum absolute atomic E-state index is 10.2. The van der Waals surface area contributed by atoms with E-state index in [0.717, 1.165) is 5.69 Å². The number of aliphatic hydroxyl groups is 3. The third-order valence-electron chi connectivity index (χ3n) is 4.19. The molecule has 9 nitrogen and oxygen atoms in total. The van der Waals surface area contributed by atoms with Crippen LogP contribution >= 0.6 is 0 Å². The molecular weight excluding hydrogens is 326 g/mol. The molecule has 3 aromatic rings.